The summed E-state index contributed by atoms with van der Waals surface area (Å²) >= 11 is 0. The van der Waals surface area contributed by atoms with Gasteiger partial charge in [-0.1, -0.05) is 44.2 Å². The molecule has 1 atom stereocenters. The van der Waals surface area contributed by atoms with E-state index in [9.17, 15) is 0 Å². The molecule has 1 aromatic rings. The maximum Gasteiger partial charge on any atom is 0.0551 e. The highest BCUT2D eigenvalue weighted by Gasteiger charge is 2.24. The Balaban J connectivity index is 2.04. The minimum absolute atomic E-state index is 0.465. The Hall–Kier alpha value is -1.15. The lowest BCUT2D eigenvalue weighted by Crippen LogP contribution is -2.35. The molecule has 1 aliphatic heterocycles. The van der Waals surface area contributed by atoms with Crippen LogP contribution in [0.25, 0.3) is 0 Å². The van der Waals surface area contributed by atoms with Crippen LogP contribution in [0.1, 0.15) is 32.3 Å². The van der Waals surface area contributed by atoms with Gasteiger partial charge in [0.2, 0.25) is 0 Å². The van der Waals surface area contributed by atoms with E-state index in [4.69, 9.17) is 4.99 Å². The number of hydrogen-bond acceptors (Lipinski definition) is 2. The Morgan fingerprint density at radius 2 is 1.83 bits per heavy atom. The van der Waals surface area contributed by atoms with Crippen molar-refractivity contribution in [1.29, 1.82) is 0 Å². The van der Waals surface area contributed by atoms with Crippen LogP contribution in [0.15, 0.2) is 35.3 Å². The van der Waals surface area contributed by atoms with Gasteiger partial charge in [-0.2, -0.15) is 0 Å². The summed E-state index contributed by atoms with van der Waals surface area (Å²) in [6.45, 7) is 6.87. The van der Waals surface area contributed by atoms with Crippen molar-refractivity contribution in [3.63, 3.8) is 0 Å². The molecule has 1 fully saturated rings. The van der Waals surface area contributed by atoms with Gasteiger partial charge in [-0.05, 0) is 43.3 Å². The number of nitrogens with one attached hydrogen (secondary N) is 1. The molecule has 0 aliphatic carbocycles. The lowest BCUT2D eigenvalue weighted by atomic mass is 9.84. The molecule has 2 nitrogen and oxygen atoms in total. The van der Waals surface area contributed by atoms with Gasteiger partial charge in [0.1, 0.15) is 0 Å². The third-order valence-corrected chi connectivity index (χ3v) is 3.75. The van der Waals surface area contributed by atoms with Crippen molar-refractivity contribution in [1.82, 2.24) is 5.32 Å². The van der Waals surface area contributed by atoms with Crippen LogP contribution >= 0.6 is 0 Å². The van der Waals surface area contributed by atoms with Crippen LogP contribution in [0.2, 0.25) is 0 Å². The maximum absolute atomic E-state index is 4.86. The quantitative estimate of drug-likeness (QED) is 0.809. The fourth-order valence-electron chi connectivity index (χ4n) is 2.74. The average molecular weight is 244 g/mol. The normalized spacial score (nSPS) is 19.5. The first kappa shape index (κ1) is 13.3. The van der Waals surface area contributed by atoms with Crippen LogP contribution < -0.4 is 5.32 Å². The molecule has 2 rings (SSSR count). The van der Waals surface area contributed by atoms with E-state index in [-0.39, 0.29) is 0 Å². The van der Waals surface area contributed by atoms with Gasteiger partial charge in [0, 0.05) is 6.21 Å². The largest absolute Gasteiger partial charge is 0.317 e. The Bertz CT molecular complexity index is 364. The van der Waals surface area contributed by atoms with Crippen LogP contribution in [-0.4, -0.2) is 25.3 Å². The van der Waals surface area contributed by atoms with E-state index in [0.717, 1.165) is 19.0 Å². The molecule has 0 spiro atoms. The van der Waals surface area contributed by atoms with Gasteiger partial charge in [-0.25, -0.2) is 0 Å². The summed E-state index contributed by atoms with van der Waals surface area (Å²) in [5.74, 6) is 1.36. The molecule has 1 saturated heterocycles. The van der Waals surface area contributed by atoms with Gasteiger partial charge in [-0.3, -0.25) is 4.99 Å². The van der Waals surface area contributed by atoms with Gasteiger partial charge in [0.05, 0.1) is 6.04 Å². The van der Waals surface area contributed by atoms with Crippen LogP contribution in [-0.2, 0) is 0 Å². The lowest BCUT2D eigenvalue weighted by Gasteiger charge is -2.30. The van der Waals surface area contributed by atoms with E-state index in [0.29, 0.717) is 12.0 Å². The predicted molar refractivity (Wildman–Crippen MR) is 78.3 cm³/mol. The van der Waals surface area contributed by atoms with E-state index >= 15 is 0 Å². The average Bonchev–Trinajstić information content (AvgIpc) is 2.41. The first-order valence-electron chi connectivity index (χ1n) is 7.06. The topological polar surface area (TPSA) is 24.4 Å². The number of piperidine rings is 1. The molecule has 18 heavy (non-hydrogen) atoms. The molecule has 1 N–H and O–H groups in total. The number of benzene rings is 1. The number of aliphatic imine (C=N–C) groups is 1. The third kappa shape index (κ3) is 3.67. The second-order valence-corrected chi connectivity index (χ2v) is 5.51. The molecular weight excluding hydrogens is 220 g/mol. The minimum atomic E-state index is 0.465. The highest BCUT2D eigenvalue weighted by molar-refractivity contribution is 5.79. The summed E-state index contributed by atoms with van der Waals surface area (Å²) in [5, 5.41) is 3.43. The highest BCUT2D eigenvalue weighted by Crippen LogP contribution is 2.24. The van der Waals surface area contributed by atoms with Gasteiger partial charge >= 0.3 is 0 Å². The zero-order valence-corrected chi connectivity index (χ0v) is 11.5. The standard InChI is InChI=1S/C16H24N2/c1-13(2)16(15-8-10-17-11-9-15)18-12-14-6-4-3-5-7-14/h3-7,12-13,15-17H,8-11H2,1-2H3. The van der Waals surface area contributed by atoms with Crippen molar-refractivity contribution >= 4 is 6.21 Å². The third-order valence-electron chi connectivity index (χ3n) is 3.75. The van der Waals surface area contributed by atoms with Crippen LogP contribution in [0.3, 0.4) is 0 Å². The maximum atomic E-state index is 4.86. The lowest BCUT2D eigenvalue weighted by molar-refractivity contribution is 0.275. The molecule has 98 valence electrons. The molecule has 0 bridgehead atoms. The molecule has 1 aromatic carbocycles. The summed E-state index contributed by atoms with van der Waals surface area (Å²) in [4.78, 5) is 4.86. The summed E-state index contributed by atoms with van der Waals surface area (Å²) in [7, 11) is 0. The number of hydrogen-bond donors (Lipinski definition) is 1. The molecule has 0 amide bonds. The molecule has 0 aromatic heterocycles. The molecule has 2 heteroatoms. The van der Waals surface area contributed by atoms with Crippen molar-refractivity contribution < 1.29 is 0 Å². The summed E-state index contributed by atoms with van der Waals surface area (Å²) in [6, 6.07) is 10.9. The monoisotopic (exact) mass is 244 g/mol. The van der Waals surface area contributed by atoms with E-state index in [2.05, 4.69) is 43.4 Å². The molecule has 1 heterocycles. The van der Waals surface area contributed by atoms with Gasteiger partial charge < -0.3 is 5.32 Å². The van der Waals surface area contributed by atoms with E-state index < -0.39 is 0 Å². The summed E-state index contributed by atoms with van der Waals surface area (Å²) < 4.78 is 0. The first-order chi connectivity index (χ1) is 8.77. The molecule has 0 radical (unpaired) electrons. The van der Waals surface area contributed by atoms with Gasteiger partial charge in [0.15, 0.2) is 0 Å². The van der Waals surface area contributed by atoms with E-state index in [1.54, 1.807) is 0 Å². The Labute approximate surface area is 111 Å². The van der Waals surface area contributed by atoms with Crippen LogP contribution in [0, 0.1) is 11.8 Å². The van der Waals surface area contributed by atoms with Crippen LogP contribution in [0.4, 0.5) is 0 Å². The first-order valence-corrected chi connectivity index (χ1v) is 7.06. The SMILES string of the molecule is CC(C)C(N=Cc1ccccc1)C1CCNCC1. The number of nitrogens with zero attached hydrogens (tertiary/aromatic N) is 1. The van der Waals surface area contributed by atoms with Gasteiger partial charge in [-0.15, -0.1) is 0 Å². The zero-order chi connectivity index (χ0) is 12.8. The van der Waals surface area contributed by atoms with Crippen molar-refractivity contribution in [3.8, 4) is 0 Å². The Kier molecular flexibility index (Phi) is 4.94. The minimum Gasteiger partial charge on any atom is -0.317 e. The fraction of sp³-hybridized carbons (Fsp3) is 0.562. The predicted octanol–water partition coefficient (Wildman–Crippen LogP) is 3.13. The van der Waals surface area contributed by atoms with Gasteiger partial charge in [0.25, 0.3) is 0 Å². The zero-order valence-electron chi connectivity index (χ0n) is 11.5. The molecule has 1 aliphatic rings. The van der Waals surface area contributed by atoms with Crippen molar-refractivity contribution in [2.24, 2.45) is 16.8 Å². The summed E-state index contributed by atoms with van der Waals surface area (Å²) in [5.41, 5.74) is 1.21. The molecular formula is C16H24N2. The second-order valence-electron chi connectivity index (χ2n) is 5.51. The summed E-state index contributed by atoms with van der Waals surface area (Å²) in [6.07, 6.45) is 4.57. The van der Waals surface area contributed by atoms with Crippen molar-refractivity contribution in [2.75, 3.05) is 13.1 Å². The molecule has 0 saturated carbocycles. The van der Waals surface area contributed by atoms with Crippen molar-refractivity contribution in [2.45, 2.75) is 32.7 Å². The van der Waals surface area contributed by atoms with Crippen molar-refractivity contribution in [3.05, 3.63) is 35.9 Å². The fourth-order valence-corrected chi connectivity index (χ4v) is 2.74. The Morgan fingerprint density at radius 1 is 1.17 bits per heavy atom. The molecule has 1 unspecified atom stereocenters. The highest BCUT2D eigenvalue weighted by atomic mass is 14.9. The van der Waals surface area contributed by atoms with Crippen LogP contribution in [0.5, 0.6) is 0 Å². The van der Waals surface area contributed by atoms with E-state index in [1.165, 1.54) is 18.4 Å². The van der Waals surface area contributed by atoms with E-state index in [1.807, 2.05) is 12.3 Å². The smallest absolute Gasteiger partial charge is 0.0551 e. The Morgan fingerprint density at radius 3 is 2.44 bits per heavy atom. The second kappa shape index (κ2) is 6.69. The number of rotatable bonds is 4.